The Kier molecular flexibility index (Phi) is 5.34. The number of rotatable bonds is 4. The van der Waals surface area contributed by atoms with Gasteiger partial charge in [-0.05, 0) is 35.9 Å². The smallest absolute Gasteiger partial charge is 0.251 e. The van der Waals surface area contributed by atoms with Crippen molar-refractivity contribution >= 4 is 40.7 Å². The maximum Gasteiger partial charge on any atom is 0.251 e. The van der Waals surface area contributed by atoms with Crippen molar-refractivity contribution in [2.45, 2.75) is 6.54 Å². The number of benzene rings is 2. The highest BCUT2D eigenvalue weighted by Crippen LogP contribution is 2.25. The number of ether oxygens (including phenoxy) is 1. The van der Waals surface area contributed by atoms with Crippen LogP contribution in [0.4, 0.5) is 0 Å². The lowest BCUT2D eigenvalue weighted by Gasteiger charge is -2.09. The quantitative estimate of drug-likeness (QED) is 0.881. The van der Waals surface area contributed by atoms with Crippen LogP contribution in [-0.2, 0) is 6.54 Å². The molecule has 1 N–H and O–H groups in total. The Hall–Kier alpha value is -1.42. The predicted octanol–water partition coefficient (Wildman–Crippen LogP) is 4.59. The fraction of sp³-hybridized carbons (Fsp3) is 0.133. The van der Waals surface area contributed by atoms with E-state index in [9.17, 15) is 4.79 Å². The summed E-state index contributed by atoms with van der Waals surface area (Å²) in [5.41, 5.74) is 1.24. The van der Waals surface area contributed by atoms with Crippen LogP contribution in [0, 0.1) is 0 Å². The van der Waals surface area contributed by atoms with E-state index in [4.69, 9.17) is 39.5 Å². The normalized spacial score (nSPS) is 10.3. The van der Waals surface area contributed by atoms with E-state index >= 15 is 0 Å². The highest BCUT2D eigenvalue weighted by atomic mass is 35.5. The Labute approximate surface area is 137 Å². The highest BCUT2D eigenvalue weighted by Gasteiger charge is 2.10. The van der Waals surface area contributed by atoms with Crippen LogP contribution in [0.15, 0.2) is 36.4 Å². The molecule has 1 amide bonds. The van der Waals surface area contributed by atoms with E-state index in [0.29, 0.717) is 32.9 Å². The molecule has 3 nitrogen and oxygen atoms in total. The van der Waals surface area contributed by atoms with Crippen LogP contribution in [-0.4, -0.2) is 13.0 Å². The minimum absolute atomic E-state index is 0.245. The number of amides is 1. The van der Waals surface area contributed by atoms with Crippen molar-refractivity contribution in [1.82, 2.24) is 5.32 Å². The highest BCUT2D eigenvalue weighted by molar-refractivity contribution is 6.35. The topological polar surface area (TPSA) is 38.3 Å². The van der Waals surface area contributed by atoms with E-state index in [1.807, 2.05) is 0 Å². The Morgan fingerprint density at radius 3 is 2.48 bits per heavy atom. The summed E-state index contributed by atoms with van der Waals surface area (Å²) in [6, 6.07) is 9.97. The van der Waals surface area contributed by atoms with Gasteiger partial charge in [0.1, 0.15) is 5.75 Å². The first-order valence-electron chi connectivity index (χ1n) is 6.07. The van der Waals surface area contributed by atoms with E-state index in [1.54, 1.807) is 36.4 Å². The second kappa shape index (κ2) is 7.03. The van der Waals surface area contributed by atoms with Gasteiger partial charge >= 0.3 is 0 Å². The zero-order valence-corrected chi connectivity index (χ0v) is 13.4. The van der Waals surface area contributed by atoms with Gasteiger partial charge in [-0.1, -0.05) is 40.9 Å². The zero-order valence-electron chi connectivity index (χ0n) is 11.1. The van der Waals surface area contributed by atoms with Crippen molar-refractivity contribution in [3.63, 3.8) is 0 Å². The Bertz CT molecular complexity index is 674. The SMILES string of the molecule is COc1ccc(C(=O)NCc2ccc(Cl)cc2Cl)cc1Cl. The minimum Gasteiger partial charge on any atom is -0.495 e. The van der Waals surface area contributed by atoms with E-state index in [1.165, 1.54) is 7.11 Å². The Balaban J connectivity index is 2.06. The van der Waals surface area contributed by atoms with Crippen molar-refractivity contribution in [2.24, 2.45) is 0 Å². The number of methoxy groups -OCH3 is 1. The fourth-order valence-electron chi connectivity index (χ4n) is 1.75. The van der Waals surface area contributed by atoms with Crippen molar-refractivity contribution in [3.05, 3.63) is 62.6 Å². The largest absolute Gasteiger partial charge is 0.495 e. The average molecular weight is 345 g/mol. The first-order valence-corrected chi connectivity index (χ1v) is 7.20. The van der Waals surface area contributed by atoms with Gasteiger partial charge in [-0.25, -0.2) is 0 Å². The molecule has 0 heterocycles. The molecular weight excluding hydrogens is 333 g/mol. The van der Waals surface area contributed by atoms with Gasteiger partial charge in [0.05, 0.1) is 12.1 Å². The first kappa shape index (κ1) is 16.0. The number of nitrogens with one attached hydrogen (secondary N) is 1. The van der Waals surface area contributed by atoms with Gasteiger partial charge in [0.25, 0.3) is 5.91 Å². The molecule has 0 aliphatic rings. The molecule has 0 aliphatic carbocycles. The van der Waals surface area contributed by atoms with Gasteiger partial charge in [-0.3, -0.25) is 4.79 Å². The maximum atomic E-state index is 12.1. The minimum atomic E-state index is -0.245. The summed E-state index contributed by atoms with van der Waals surface area (Å²) >= 11 is 17.9. The second-order valence-electron chi connectivity index (χ2n) is 4.27. The number of carbonyl (C=O) groups excluding carboxylic acids is 1. The van der Waals surface area contributed by atoms with Gasteiger partial charge in [0.15, 0.2) is 0 Å². The monoisotopic (exact) mass is 343 g/mol. The molecule has 110 valence electrons. The van der Waals surface area contributed by atoms with Gasteiger partial charge < -0.3 is 10.1 Å². The lowest BCUT2D eigenvalue weighted by Crippen LogP contribution is -2.22. The van der Waals surface area contributed by atoms with Crippen molar-refractivity contribution in [2.75, 3.05) is 7.11 Å². The number of halogens is 3. The molecule has 2 aromatic carbocycles. The third-order valence-corrected chi connectivity index (χ3v) is 3.75. The molecule has 0 fully saturated rings. The zero-order chi connectivity index (χ0) is 15.4. The molecular formula is C15H12Cl3NO2. The molecule has 21 heavy (non-hydrogen) atoms. The van der Waals surface area contributed by atoms with E-state index in [-0.39, 0.29) is 5.91 Å². The predicted molar refractivity (Wildman–Crippen MR) is 85.6 cm³/mol. The van der Waals surface area contributed by atoms with Crippen LogP contribution >= 0.6 is 34.8 Å². The molecule has 6 heteroatoms. The van der Waals surface area contributed by atoms with Crippen molar-refractivity contribution in [3.8, 4) is 5.75 Å². The summed E-state index contributed by atoms with van der Waals surface area (Å²) in [6.45, 7) is 0.304. The Morgan fingerprint density at radius 1 is 1.10 bits per heavy atom. The molecule has 0 saturated carbocycles. The van der Waals surface area contributed by atoms with Crippen LogP contribution in [0.2, 0.25) is 15.1 Å². The molecule has 0 atom stereocenters. The molecule has 0 bridgehead atoms. The van der Waals surface area contributed by atoms with Crippen LogP contribution < -0.4 is 10.1 Å². The summed E-state index contributed by atoms with van der Waals surface area (Å²) in [4.78, 5) is 12.1. The fourth-order valence-corrected chi connectivity index (χ4v) is 2.48. The standard InChI is InChI=1S/C15H12Cl3NO2/c1-21-14-5-3-9(6-13(14)18)15(20)19-8-10-2-4-11(16)7-12(10)17/h2-7H,8H2,1H3,(H,19,20). The van der Waals surface area contributed by atoms with Crippen molar-refractivity contribution in [1.29, 1.82) is 0 Å². The van der Waals surface area contributed by atoms with Gasteiger partial charge in [-0.15, -0.1) is 0 Å². The Morgan fingerprint density at radius 2 is 1.86 bits per heavy atom. The van der Waals surface area contributed by atoms with Crippen LogP contribution in [0.25, 0.3) is 0 Å². The van der Waals surface area contributed by atoms with Crippen LogP contribution in [0.5, 0.6) is 5.75 Å². The number of hydrogen-bond acceptors (Lipinski definition) is 2. The van der Waals surface area contributed by atoms with Gasteiger partial charge in [-0.2, -0.15) is 0 Å². The van der Waals surface area contributed by atoms with E-state index < -0.39 is 0 Å². The number of hydrogen-bond donors (Lipinski definition) is 1. The third kappa shape index (κ3) is 4.03. The van der Waals surface area contributed by atoms with Gasteiger partial charge in [0, 0.05) is 22.2 Å². The molecule has 2 aromatic rings. The van der Waals surface area contributed by atoms with Gasteiger partial charge in [0.2, 0.25) is 0 Å². The molecule has 0 unspecified atom stereocenters. The lowest BCUT2D eigenvalue weighted by molar-refractivity contribution is 0.0951. The molecule has 0 saturated heterocycles. The summed E-state index contributed by atoms with van der Waals surface area (Å²) in [6.07, 6.45) is 0. The number of carbonyl (C=O) groups is 1. The van der Waals surface area contributed by atoms with Crippen molar-refractivity contribution < 1.29 is 9.53 Å². The lowest BCUT2D eigenvalue weighted by atomic mass is 10.2. The summed E-state index contributed by atoms with van der Waals surface area (Å²) in [5.74, 6) is 0.277. The average Bonchev–Trinajstić information content (AvgIpc) is 2.46. The van der Waals surface area contributed by atoms with E-state index in [0.717, 1.165) is 5.56 Å². The van der Waals surface area contributed by atoms with Crippen LogP contribution in [0.3, 0.4) is 0 Å². The molecule has 0 radical (unpaired) electrons. The van der Waals surface area contributed by atoms with Crippen LogP contribution in [0.1, 0.15) is 15.9 Å². The third-order valence-electron chi connectivity index (χ3n) is 2.87. The summed E-state index contributed by atoms with van der Waals surface area (Å²) in [7, 11) is 1.52. The molecule has 2 rings (SSSR count). The first-order chi connectivity index (χ1) is 10.0. The maximum absolute atomic E-state index is 12.1. The second-order valence-corrected chi connectivity index (χ2v) is 5.52. The summed E-state index contributed by atoms with van der Waals surface area (Å²) in [5, 5.41) is 4.22. The molecule has 0 spiro atoms. The molecule has 0 aromatic heterocycles. The van der Waals surface area contributed by atoms with E-state index in [2.05, 4.69) is 5.32 Å². The molecule has 0 aliphatic heterocycles. The summed E-state index contributed by atoms with van der Waals surface area (Å²) < 4.78 is 5.04.